The molecule has 0 aliphatic rings. The average molecular weight is 267 g/mol. The molecular weight excluding hydrogens is 254 g/mol. The number of hydrogen-bond acceptors (Lipinski definition) is 5. The first kappa shape index (κ1) is 12.6. The van der Waals surface area contributed by atoms with E-state index in [1.54, 1.807) is 13.1 Å². The van der Waals surface area contributed by atoms with E-state index in [1.807, 2.05) is 6.07 Å². The average Bonchev–Trinajstić information content (AvgIpc) is 2.94. The highest BCUT2D eigenvalue weighted by Crippen LogP contribution is 2.27. The number of nitrogens with one attached hydrogen (secondary N) is 1. The third kappa shape index (κ3) is 1.98. The summed E-state index contributed by atoms with van der Waals surface area (Å²) in [5.74, 6) is -0.564. The summed E-state index contributed by atoms with van der Waals surface area (Å²) < 4.78 is 5.91. The van der Waals surface area contributed by atoms with Crippen molar-refractivity contribution in [2.75, 3.05) is 7.11 Å². The largest absolute Gasteiger partial charge is 0.464 e. The summed E-state index contributed by atoms with van der Waals surface area (Å²) >= 11 is 1.39. The van der Waals surface area contributed by atoms with Crippen LogP contribution < -0.4 is 11.3 Å². The van der Waals surface area contributed by atoms with E-state index in [1.165, 1.54) is 23.1 Å². The second-order valence-electron chi connectivity index (χ2n) is 3.69. The maximum atomic E-state index is 12.0. The van der Waals surface area contributed by atoms with Gasteiger partial charge in [0.05, 0.1) is 12.7 Å². The fourth-order valence-electron chi connectivity index (χ4n) is 1.65. The Hall–Kier alpha value is -1.86. The molecule has 0 aliphatic heterocycles. The van der Waals surface area contributed by atoms with Crippen LogP contribution in [0.4, 0.5) is 0 Å². The number of nitrogens with two attached hydrogens (primary N) is 1. The molecule has 2 rings (SSSR count). The summed E-state index contributed by atoms with van der Waals surface area (Å²) in [4.78, 5) is 25.3. The van der Waals surface area contributed by atoms with Crippen LogP contribution in [0, 0.1) is 0 Å². The first-order chi connectivity index (χ1) is 8.58. The van der Waals surface area contributed by atoms with Gasteiger partial charge in [-0.25, -0.2) is 4.79 Å². The fraction of sp³-hybridized carbons (Fsp3) is 0.273. The number of carbonyl (C=O) groups excluding carboxylic acids is 1. The van der Waals surface area contributed by atoms with Crippen molar-refractivity contribution in [1.29, 1.82) is 0 Å². The molecule has 0 unspecified atom stereocenters. The number of esters is 1. The van der Waals surface area contributed by atoms with Gasteiger partial charge in [-0.05, 0) is 12.1 Å². The van der Waals surface area contributed by atoms with E-state index in [4.69, 9.17) is 5.73 Å². The number of H-pyrrole nitrogens is 1. The van der Waals surface area contributed by atoms with Gasteiger partial charge >= 0.3 is 5.97 Å². The molecule has 3 N–H and O–H groups in total. The van der Waals surface area contributed by atoms with Crippen LogP contribution in [0.15, 0.2) is 16.9 Å². The Morgan fingerprint density at radius 1 is 1.56 bits per heavy atom. The summed E-state index contributed by atoms with van der Waals surface area (Å²) in [6, 6.07) is 3.62. The van der Waals surface area contributed by atoms with Gasteiger partial charge < -0.3 is 10.5 Å². The topological polar surface area (TPSA) is 90.1 Å². The number of rotatable bonds is 3. The quantitative estimate of drug-likeness (QED) is 0.800. The van der Waals surface area contributed by atoms with E-state index in [2.05, 4.69) is 9.84 Å². The zero-order valence-corrected chi connectivity index (χ0v) is 10.8. The van der Waals surface area contributed by atoms with E-state index in [0.717, 1.165) is 4.88 Å². The Balaban J connectivity index is 2.62. The zero-order valence-electron chi connectivity index (χ0n) is 10.0. The Morgan fingerprint density at radius 2 is 2.28 bits per heavy atom. The molecule has 96 valence electrons. The molecule has 0 fully saturated rings. The van der Waals surface area contributed by atoms with Crippen molar-refractivity contribution < 1.29 is 9.53 Å². The van der Waals surface area contributed by atoms with Gasteiger partial charge in [-0.15, -0.1) is 11.3 Å². The van der Waals surface area contributed by atoms with Crippen LogP contribution in [0.3, 0.4) is 0 Å². The SMILES string of the molecule is COC(=O)c1[nH]n(C)c(=O)c1-c1ccc(CN)s1. The van der Waals surface area contributed by atoms with Crippen molar-refractivity contribution in [1.82, 2.24) is 9.78 Å². The molecule has 0 radical (unpaired) electrons. The fourth-order valence-corrected chi connectivity index (χ4v) is 2.58. The number of hydrogen-bond donors (Lipinski definition) is 2. The Kier molecular flexibility index (Phi) is 3.35. The summed E-state index contributed by atoms with van der Waals surface area (Å²) in [6.07, 6.45) is 0. The lowest BCUT2D eigenvalue weighted by Gasteiger charge is -1.97. The minimum absolute atomic E-state index is 0.162. The van der Waals surface area contributed by atoms with Gasteiger partial charge in [-0.2, -0.15) is 0 Å². The van der Waals surface area contributed by atoms with Crippen LogP contribution in [0.5, 0.6) is 0 Å². The van der Waals surface area contributed by atoms with Gasteiger partial charge in [0.2, 0.25) is 0 Å². The highest BCUT2D eigenvalue weighted by molar-refractivity contribution is 7.15. The van der Waals surface area contributed by atoms with Crippen molar-refractivity contribution in [2.24, 2.45) is 12.8 Å². The molecule has 2 heterocycles. The van der Waals surface area contributed by atoms with E-state index >= 15 is 0 Å². The molecule has 0 aliphatic carbocycles. The van der Waals surface area contributed by atoms with Crippen molar-refractivity contribution in [3.05, 3.63) is 33.1 Å². The maximum Gasteiger partial charge on any atom is 0.356 e. The highest BCUT2D eigenvalue weighted by Gasteiger charge is 2.22. The van der Waals surface area contributed by atoms with E-state index in [9.17, 15) is 9.59 Å². The molecular formula is C11H13N3O3S. The third-order valence-electron chi connectivity index (χ3n) is 2.55. The first-order valence-electron chi connectivity index (χ1n) is 5.25. The molecule has 6 nitrogen and oxygen atoms in total. The standard InChI is InChI=1S/C11H13N3O3S/c1-14-10(15)8(9(13-14)11(16)17-2)7-4-3-6(5-12)18-7/h3-4,13H,5,12H2,1-2H3. The molecule has 2 aromatic heterocycles. The highest BCUT2D eigenvalue weighted by atomic mass is 32.1. The number of aryl methyl sites for hydroxylation is 1. The lowest BCUT2D eigenvalue weighted by Crippen LogP contribution is -2.12. The van der Waals surface area contributed by atoms with Crippen molar-refractivity contribution in [3.8, 4) is 10.4 Å². The maximum absolute atomic E-state index is 12.0. The van der Waals surface area contributed by atoms with Crippen LogP contribution in [0.2, 0.25) is 0 Å². The molecule has 18 heavy (non-hydrogen) atoms. The van der Waals surface area contributed by atoms with Gasteiger partial charge in [0.25, 0.3) is 5.56 Å². The lowest BCUT2D eigenvalue weighted by molar-refractivity contribution is 0.0594. The summed E-state index contributed by atoms with van der Waals surface area (Å²) in [5.41, 5.74) is 5.76. The van der Waals surface area contributed by atoms with Crippen LogP contribution in [-0.2, 0) is 18.3 Å². The van der Waals surface area contributed by atoms with Crippen LogP contribution in [0.25, 0.3) is 10.4 Å². The second-order valence-corrected chi connectivity index (χ2v) is 4.86. The second kappa shape index (κ2) is 4.79. The smallest absolute Gasteiger partial charge is 0.356 e. The minimum Gasteiger partial charge on any atom is -0.464 e. The number of carbonyl (C=O) groups is 1. The van der Waals surface area contributed by atoms with Crippen molar-refractivity contribution >= 4 is 17.3 Å². The zero-order chi connectivity index (χ0) is 13.3. The van der Waals surface area contributed by atoms with Crippen molar-refractivity contribution in [3.63, 3.8) is 0 Å². The lowest BCUT2D eigenvalue weighted by atomic mass is 10.2. The number of nitrogens with zero attached hydrogens (tertiary/aromatic N) is 1. The number of aromatic nitrogens is 2. The molecule has 0 aromatic carbocycles. The minimum atomic E-state index is -0.564. The molecule has 0 bridgehead atoms. The summed E-state index contributed by atoms with van der Waals surface area (Å²) in [6.45, 7) is 0.406. The van der Waals surface area contributed by atoms with Crippen LogP contribution >= 0.6 is 11.3 Å². The van der Waals surface area contributed by atoms with E-state index < -0.39 is 5.97 Å². The van der Waals surface area contributed by atoms with Crippen molar-refractivity contribution in [2.45, 2.75) is 6.54 Å². The number of aromatic amines is 1. The molecule has 7 heteroatoms. The van der Waals surface area contributed by atoms with E-state index in [0.29, 0.717) is 17.0 Å². The number of thiophene rings is 1. The van der Waals surface area contributed by atoms with E-state index in [-0.39, 0.29) is 11.3 Å². The van der Waals surface area contributed by atoms with Gasteiger partial charge in [-0.1, -0.05) is 0 Å². The summed E-state index contributed by atoms with van der Waals surface area (Å²) in [5, 5.41) is 2.69. The Morgan fingerprint density at radius 3 is 2.83 bits per heavy atom. The Bertz CT molecular complexity index is 638. The van der Waals surface area contributed by atoms with Gasteiger partial charge in [0.15, 0.2) is 5.69 Å². The number of methoxy groups -OCH3 is 1. The molecule has 0 amide bonds. The Labute approximate surface area is 107 Å². The number of ether oxygens (including phenoxy) is 1. The third-order valence-corrected chi connectivity index (χ3v) is 3.67. The molecule has 0 saturated heterocycles. The predicted octanol–water partition coefficient (Wildman–Crippen LogP) is 0.687. The molecule has 2 aromatic rings. The normalized spacial score (nSPS) is 10.6. The van der Waals surface area contributed by atoms with Crippen LogP contribution in [-0.4, -0.2) is 22.9 Å². The molecule has 0 spiro atoms. The monoisotopic (exact) mass is 267 g/mol. The van der Waals surface area contributed by atoms with Gasteiger partial charge in [0, 0.05) is 23.3 Å². The predicted molar refractivity (Wildman–Crippen MR) is 68.6 cm³/mol. The molecule has 0 saturated carbocycles. The van der Waals surface area contributed by atoms with Gasteiger partial charge in [-0.3, -0.25) is 14.6 Å². The van der Waals surface area contributed by atoms with Gasteiger partial charge in [0.1, 0.15) is 0 Å². The first-order valence-corrected chi connectivity index (χ1v) is 6.06. The summed E-state index contributed by atoms with van der Waals surface area (Å²) in [7, 11) is 2.83. The van der Waals surface area contributed by atoms with Crippen LogP contribution in [0.1, 0.15) is 15.4 Å². The molecule has 0 atom stereocenters.